The Labute approximate surface area is 183 Å². The van der Waals surface area contributed by atoms with E-state index in [4.69, 9.17) is 4.74 Å². The third-order valence-corrected chi connectivity index (χ3v) is 5.58. The highest BCUT2D eigenvalue weighted by Gasteiger charge is 2.39. The van der Waals surface area contributed by atoms with Gasteiger partial charge < -0.3 is 19.8 Å². The van der Waals surface area contributed by atoms with Crippen molar-refractivity contribution in [1.29, 1.82) is 0 Å². The lowest BCUT2D eigenvalue weighted by molar-refractivity contribution is -0.757. The fraction of sp³-hybridized carbons (Fsp3) is 0.818. The second kappa shape index (κ2) is 15.8. The molecule has 0 amide bonds. The molecule has 1 rings (SSSR count). The van der Waals surface area contributed by atoms with E-state index in [1.807, 2.05) is 6.08 Å². The Balaban J connectivity index is 2.24. The molecule has 31 heavy (non-hydrogen) atoms. The lowest BCUT2D eigenvalue weighted by Crippen LogP contribution is -2.19. The van der Waals surface area contributed by atoms with Crippen LogP contribution in [0.1, 0.15) is 77.6 Å². The van der Waals surface area contributed by atoms with Crippen molar-refractivity contribution in [2.75, 3.05) is 13.2 Å². The monoisotopic (exact) mass is 443 g/mol. The molecule has 1 aliphatic rings. The van der Waals surface area contributed by atoms with E-state index in [0.29, 0.717) is 19.3 Å². The minimum Gasteiger partial charge on any atom is -0.464 e. The fourth-order valence-electron chi connectivity index (χ4n) is 3.88. The predicted molar refractivity (Wildman–Crippen MR) is 114 cm³/mol. The maximum Gasteiger partial charge on any atom is 0.305 e. The lowest BCUT2D eigenvalue weighted by atomic mass is 9.88. The summed E-state index contributed by atoms with van der Waals surface area (Å²) in [5, 5.41) is 29.3. The van der Waals surface area contributed by atoms with Crippen molar-refractivity contribution in [3.63, 3.8) is 0 Å². The van der Waals surface area contributed by atoms with Crippen molar-refractivity contribution in [3.05, 3.63) is 22.3 Å². The molecule has 0 spiro atoms. The van der Waals surface area contributed by atoms with E-state index in [-0.39, 0.29) is 43.7 Å². The van der Waals surface area contributed by atoms with E-state index < -0.39 is 23.3 Å². The van der Waals surface area contributed by atoms with Gasteiger partial charge in [-0.15, -0.1) is 10.1 Å². The number of unbranched alkanes of at least 4 members (excludes halogenated alkanes) is 5. The molecule has 0 radical (unpaired) electrons. The van der Waals surface area contributed by atoms with E-state index >= 15 is 0 Å². The van der Waals surface area contributed by atoms with Crippen LogP contribution in [-0.4, -0.2) is 52.5 Å². The summed E-state index contributed by atoms with van der Waals surface area (Å²) < 4.78 is 4.83. The summed E-state index contributed by atoms with van der Waals surface area (Å²) in [5.74, 6) is -0.808. The molecule has 1 fully saturated rings. The number of hydrogen-bond acceptors (Lipinski definition) is 8. The Morgan fingerprint density at radius 1 is 1.23 bits per heavy atom. The normalized spacial score (nSPS) is 22.0. The molecule has 9 heteroatoms. The highest BCUT2D eigenvalue weighted by atomic mass is 17.0. The summed E-state index contributed by atoms with van der Waals surface area (Å²) in [6, 6.07) is 0. The molecule has 178 valence electrons. The first kappa shape index (κ1) is 27.0. The zero-order valence-corrected chi connectivity index (χ0v) is 18.4. The van der Waals surface area contributed by atoms with Crippen molar-refractivity contribution in [1.82, 2.24) is 0 Å². The Morgan fingerprint density at radius 3 is 2.68 bits per heavy atom. The van der Waals surface area contributed by atoms with Crippen LogP contribution in [0.5, 0.6) is 0 Å². The zero-order valence-electron chi connectivity index (χ0n) is 18.4. The maximum absolute atomic E-state index is 12.3. The average molecular weight is 444 g/mol. The van der Waals surface area contributed by atoms with E-state index in [1.165, 1.54) is 0 Å². The van der Waals surface area contributed by atoms with Crippen molar-refractivity contribution >= 4 is 11.8 Å². The van der Waals surface area contributed by atoms with Crippen LogP contribution in [0.15, 0.2) is 12.2 Å². The van der Waals surface area contributed by atoms with Crippen LogP contribution in [0.2, 0.25) is 0 Å². The van der Waals surface area contributed by atoms with Gasteiger partial charge in [-0.2, -0.15) is 0 Å². The Kier molecular flexibility index (Phi) is 13.7. The Bertz CT molecular complexity index is 580. The molecular formula is C22H37NO8. The van der Waals surface area contributed by atoms with Crippen LogP contribution < -0.4 is 0 Å². The number of esters is 1. The summed E-state index contributed by atoms with van der Waals surface area (Å²) in [6.07, 6.45) is 10.3. The first-order valence-corrected chi connectivity index (χ1v) is 11.3. The van der Waals surface area contributed by atoms with Gasteiger partial charge in [0.05, 0.1) is 12.2 Å². The zero-order chi connectivity index (χ0) is 23.1. The van der Waals surface area contributed by atoms with Gasteiger partial charge >= 0.3 is 5.97 Å². The summed E-state index contributed by atoms with van der Waals surface area (Å²) in [6.45, 7) is 1.69. The van der Waals surface area contributed by atoms with Gasteiger partial charge in [-0.05, 0) is 19.3 Å². The Hall–Kier alpha value is -2.00. The molecular weight excluding hydrogens is 406 g/mol. The molecule has 4 atom stereocenters. The van der Waals surface area contributed by atoms with Crippen LogP contribution in [0.25, 0.3) is 0 Å². The number of nitrogens with zero attached hydrogens (tertiary/aromatic N) is 1. The minimum atomic E-state index is -0.933. The van der Waals surface area contributed by atoms with E-state index in [0.717, 1.165) is 38.5 Å². The summed E-state index contributed by atoms with van der Waals surface area (Å²) in [7, 11) is 0. The molecule has 0 aliphatic heterocycles. The number of ether oxygens (including phenoxy) is 1. The van der Waals surface area contributed by atoms with Crippen molar-refractivity contribution in [2.24, 2.45) is 11.8 Å². The smallest absolute Gasteiger partial charge is 0.305 e. The highest BCUT2D eigenvalue weighted by Crippen LogP contribution is 2.34. The SMILES string of the molecule is CCCCCC(O)/C=C/C1C(O)CC(=O)C1CCCCCCC(=O)OCCO[N+](=O)[O-]. The third kappa shape index (κ3) is 11.8. The molecule has 4 unspecified atom stereocenters. The largest absolute Gasteiger partial charge is 0.464 e. The molecule has 0 aromatic heterocycles. The second-order valence-electron chi connectivity index (χ2n) is 8.10. The summed E-state index contributed by atoms with van der Waals surface area (Å²) >= 11 is 0. The quantitative estimate of drug-likeness (QED) is 0.115. The standard InChI is InChI=1S/C22H37NO8/c1-2-3-6-9-17(24)12-13-19-18(20(25)16-21(19)26)10-7-4-5-8-11-22(27)30-14-15-31-23(28)29/h12-13,17-19,21,24,26H,2-11,14-16H2,1H3/b13-12+. The third-order valence-electron chi connectivity index (χ3n) is 5.58. The summed E-state index contributed by atoms with van der Waals surface area (Å²) in [5.41, 5.74) is 0. The molecule has 2 N–H and O–H groups in total. The van der Waals surface area contributed by atoms with Gasteiger partial charge in [-0.1, -0.05) is 57.6 Å². The van der Waals surface area contributed by atoms with Gasteiger partial charge in [0, 0.05) is 24.7 Å². The average Bonchev–Trinajstić information content (AvgIpc) is 2.98. The molecule has 1 saturated carbocycles. The number of Topliss-reactive ketones (excluding diaryl/α,β-unsaturated/α-hetero) is 1. The van der Waals surface area contributed by atoms with Crippen LogP contribution in [0, 0.1) is 22.0 Å². The number of rotatable bonds is 17. The van der Waals surface area contributed by atoms with Gasteiger partial charge in [0.2, 0.25) is 0 Å². The first-order valence-electron chi connectivity index (χ1n) is 11.3. The van der Waals surface area contributed by atoms with Gasteiger partial charge in [0.1, 0.15) is 19.0 Å². The first-order chi connectivity index (χ1) is 14.8. The number of carbonyl (C=O) groups excluding carboxylic acids is 2. The maximum atomic E-state index is 12.3. The highest BCUT2D eigenvalue weighted by molar-refractivity contribution is 5.84. The predicted octanol–water partition coefficient (Wildman–Crippen LogP) is 3.14. The van der Waals surface area contributed by atoms with Gasteiger partial charge in [-0.3, -0.25) is 9.59 Å². The number of hydrogen-bond donors (Lipinski definition) is 2. The van der Waals surface area contributed by atoms with Crippen molar-refractivity contribution in [2.45, 2.75) is 89.8 Å². The molecule has 0 saturated heterocycles. The van der Waals surface area contributed by atoms with Gasteiger partial charge in [0.25, 0.3) is 5.09 Å². The number of ketones is 1. The molecule has 0 aromatic rings. The van der Waals surface area contributed by atoms with Crippen LogP contribution in [0.4, 0.5) is 0 Å². The molecule has 9 nitrogen and oxygen atoms in total. The topological polar surface area (TPSA) is 136 Å². The molecule has 0 bridgehead atoms. The Morgan fingerprint density at radius 2 is 1.97 bits per heavy atom. The second-order valence-corrected chi connectivity index (χ2v) is 8.10. The molecule has 0 heterocycles. The van der Waals surface area contributed by atoms with E-state index in [1.54, 1.807) is 6.08 Å². The number of carbonyl (C=O) groups is 2. The molecule has 1 aliphatic carbocycles. The van der Waals surface area contributed by atoms with Crippen LogP contribution in [-0.2, 0) is 19.2 Å². The summed E-state index contributed by atoms with van der Waals surface area (Å²) in [4.78, 5) is 37.8. The minimum absolute atomic E-state index is 0.0724. The number of aliphatic hydroxyl groups excluding tert-OH is 2. The molecule has 0 aromatic carbocycles. The van der Waals surface area contributed by atoms with Gasteiger partial charge in [0.15, 0.2) is 0 Å². The fourth-order valence-corrected chi connectivity index (χ4v) is 3.88. The van der Waals surface area contributed by atoms with Crippen LogP contribution in [0.3, 0.4) is 0 Å². The lowest BCUT2D eigenvalue weighted by Gasteiger charge is -2.18. The van der Waals surface area contributed by atoms with Crippen LogP contribution >= 0.6 is 0 Å². The van der Waals surface area contributed by atoms with E-state index in [9.17, 15) is 29.9 Å². The van der Waals surface area contributed by atoms with Gasteiger partial charge in [-0.25, -0.2) is 0 Å². The van der Waals surface area contributed by atoms with E-state index in [2.05, 4.69) is 11.8 Å². The number of aliphatic hydroxyl groups is 2. The van der Waals surface area contributed by atoms with Crippen molar-refractivity contribution < 1.29 is 34.5 Å². The van der Waals surface area contributed by atoms with Crippen molar-refractivity contribution in [3.8, 4) is 0 Å².